The van der Waals surface area contributed by atoms with Gasteiger partial charge in [0.05, 0.1) is 17.9 Å². The van der Waals surface area contributed by atoms with E-state index < -0.39 is 0 Å². The van der Waals surface area contributed by atoms with Crippen LogP contribution in [-0.2, 0) is 10.5 Å². The minimum Gasteiger partial charge on any atom is -0.391 e. The van der Waals surface area contributed by atoms with E-state index in [1.54, 1.807) is 23.1 Å². The van der Waals surface area contributed by atoms with Crippen LogP contribution in [0.1, 0.15) is 30.6 Å². The third kappa shape index (κ3) is 4.30. The van der Waals surface area contributed by atoms with E-state index in [9.17, 15) is 9.90 Å². The molecular formula is C13H19NO2S2. The molecule has 1 saturated carbocycles. The Morgan fingerprint density at radius 1 is 1.50 bits per heavy atom. The van der Waals surface area contributed by atoms with Crippen molar-refractivity contribution in [2.75, 3.05) is 5.75 Å². The van der Waals surface area contributed by atoms with E-state index in [0.717, 1.165) is 31.4 Å². The number of aliphatic hydroxyl groups excluding tert-OH is 1. The highest BCUT2D eigenvalue weighted by molar-refractivity contribution is 7.99. The van der Waals surface area contributed by atoms with Crippen LogP contribution in [0.3, 0.4) is 0 Å². The molecule has 0 radical (unpaired) electrons. The number of hydrogen-bond acceptors (Lipinski definition) is 4. The van der Waals surface area contributed by atoms with Crippen molar-refractivity contribution in [1.29, 1.82) is 0 Å². The van der Waals surface area contributed by atoms with Gasteiger partial charge in [-0.1, -0.05) is 18.9 Å². The van der Waals surface area contributed by atoms with Crippen molar-refractivity contribution in [3.05, 3.63) is 22.4 Å². The van der Waals surface area contributed by atoms with Crippen LogP contribution in [0.25, 0.3) is 0 Å². The standard InChI is InChI=1S/C13H19NO2S2/c15-12-6-2-1-5-11(12)14-13(16)9-17-8-10-4-3-7-18-10/h3-4,7,11-12,15H,1-2,5-6,8-9H2,(H,14,16)/t11-,12-/m0/s1. The molecular weight excluding hydrogens is 266 g/mol. The molecule has 100 valence electrons. The van der Waals surface area contributed by atoms with Gasteiger partial charge in [0.15, 0.2) is 0 Å². The van der Waals surface area contributed by atoms with Gasteiger partial charge in [-0.2, -0.15) is 0 Å². The van der Waals surface area contributed by atoms with Crippen LogP contribution >= 0.6 is 23.1 Å². The third-order valence-corrected chi connectivity index (χ3v) is 5.17. The van der Waals surface area contributed by atoms with Crippen LogP contribution < -0.4 is 5.32 Å². The summed E-state index contributed by atoms with van der Waals surface area (Å²) >= 11 is 3.34. The Bertz CT molecular complexity index is 367. The first-order chi connectivity index (χ1) is 8.75. The van der Waals surface area contributed by atoms with E-state index in [4.69, 9.17) is 0 Å². The number of carbonyl (C=O) groups is 1. The fourth-order valence-corrected chi connectivity index (χ4v) is 3.85. The topological polar surface area (TPSA) is 49.3 Å². The summed E-state index contributed by atoms with van der Waals surface area (Å²) in [5.74, 6) is 1.40. The van der Waals surface area contributed by atoms with E-state index in [1.807, 2.05) is 11.4 Å². The highest BCUT2D eigenvalue weighted by Gasteiger charge is 2.24. The normalized spacial score (nSPS) is 23.8. The molecule has 2 rings (SSSR count). The van der Waals surface area contributed by atoms with Crippen molar-refractivity contribution in [2.45, 2.75) is 43.6 Å². The molecule has 5 heteroatoms. The second kappa shape index (κ2) is 7.16. The van der Waals surface area contributed by atoms with E-state index in [2.05, 4.69) is 11.4 Å². The summed E-state index contributed by atoms with van der Waals surface area (Å²) in [5, 5.41) is 14.8. The number of amides is 1. The van der Waals surface area contributed by atoms with Crippen molar-refractivity contribution in [3.63, 3.8) is 0 Å². The first-order valence-corrected chi connectivity index (χ1v) is 8.36. The Morgan fingerprint density at radius 3 is 3.06 bits per heavy atom. The molecule has 2 atom stereocenters. The fourth-order valence-electron chi connectivity index (χ4n) is 2.17. The maximum atomic E-state index is 11.7. The van der Waals surface area contributed by atoms with Crippen molar-refractivity contribution < 1.29 is 9.90 Å². The van der Waals surface area contributed by atoms with E-state index in [1.165, 1.54) is 4.88 Å². The van der Waals surface area contributed by atoms with Crippen LogP contribution in [0.2, 0.25) is 0 Å². The molecule has 1 aromatic rings. The molecule has 1 fully saturated rings. The van der Waals surface area contributed by atoms with Crippen LogP contribution in [0.5, 0.6) is 0 Å². The average molecular weight is 285 g/mol. The summed E-state index contributed by atoms with van der Waals surface area (Å²) < 4.78 is 0. The van der Waals surface area contributed by atoms with Gasteiger partial charge in [-0.3, -0.25) is 4.79 Å². The van der Waals surface area contributed by atoms with Crippen molar-refractivity contribution in [1.82, 2.24) is 5.32 Å². The second-order valence-electron chi connectivity index (χ2n) is 4.60. The summed E-state index contributed by atoms with van der Waals surface area (Å²) in [4.78, 5) is 13.0. The highest BCUT2D eigenvalue weighted by Crippen LogP contribution is 2.19. The summed E-state index contributed by atoms with van der Waals surface area (Å²) in [6.07, 6.45) is 3.53. The lowest BCUT2D eigenvalue weighted by Gasteiger charge is -2.28. The molecule has 1 heterocycles. The Kier molecular flexibility index (Phi) is 5.53. The molecule has 18 heavy (non-hydrogen) atoms. The number of rotatable bonds is 5. The summed E-state index contributed by atoms with van der Waals surface area (Å²) in [6.45, 7) is 0. The van der Waals surface area contributed by atoms with Gasteiger partial charge >= 0.3 is 0 Å². The van der Waals surface area contributed by atoms with Crippen molar-refractivity contribution in [2.24, 2.45) is 0 Å². The number of hydrogen-bond donors (Lipinski definition) is 2. The Labute approximate surface area is 116 Å². The number of carbonyl (C=O) groups excluding carboxylic acids is 1. The Hall–Kier alpha value is -0.520. The molecule has 0 bridgehead atoms. The van der Waals surface area contributed by atoms with Crippen LogP contribution in [0.15, 0.2) is 17.5 Å². The van der Waals surface area contributed by atoms with Gasteiger partial charge in [-0.15, -0.1) is 23.1 Å². The lowest BCUT2D eigenvalue weighted by Crippen LogP contribution is -2.45. The molecule has 1 aliphatic carbocycles. The van der Waals surface area contributed by atoms with Crippen LogP contribution in [-0.4, -0.2) is 28.9 Å². The number of thiophene rings is 1. The predicted octanol–water partition coefficient (Wildman–Crippen LogP) is 2.40. The van der Waals surface area contributed by atoms with Crippen molar-refractivity contribution in [3.8, 4) is 0 Å². The smallest absolute Gasteiger partial charge is 0.230 e. The highest BCUT2D eigenvalue weighted by atomic mass is 32.2. The molecule has 1 aromatic heterocycles. The monoisotopic (exact) mass is 285 g/mol. The van der Waals surface area contributed by atoms with Crippen LogP contribution in [0.4, 0.5) is 0 Å². The molecule has 3 nitrogen and oxygen atoms in total. The first-order valence-electron chi connectivity index (χ1n) is 6.33. The molecule has 1 aliphatic rings. The van der Waals surface area contributed by atoms with Gasteiger partial charge in [-0.25, -0.2) is 0 Å². The van der Waals surface area contributed by atoms with Gasteiger partial charge < -0.3 is 10.4 Å². The lowest BCUT2D eigenvalue weighted by molar-refractivity contribution is -0.120. The zero-order valence-corrected chi connectivity index (χ0v) is 11.9. The fraction of sp³-hybridized carbons (Fsp3) is 0.615. The molecule has 0 aliphatic heterocycles. The zero-order chi connectivity index (χ0) is 12.8. The average Bonchev–Trinajstić information content (AvgIpc) is 2.85. The third-order valence-electron chi connectivity index (χ3n) is 3.13. The maximum absolute atomic E-state index is 11.7. The minimum absolute atomic E-state index is 0.0337. The van der Waals surface area contributed by atoms with Crippen molar-refractivity contribution >= 4 is 29.0 Å². The second-order valence-corrected chi connectivity index (χ2v) is 6.62. The van der Waals surface area contributed by atoms with Gasteiger partial charge in [0.1, 0.15) is 0 Å². The molecule has 0 saturated heterocycles. The summed E-state index contributed by atoms with van der Waals surface area (Å²) in [7, 11) is 0. The number of thioether (sulfide) groups is 1. The Balaban J connectivity index is 1.65. The van der Waals surface area contributed by atoms with E-state index in [0.29, 0.717) is 5.75 Å². The molecule has 2 N–H and O–H groups in total. The maximum Gasteiger partial charge on any atom is 0.230 e. The minimum atomic E-state index is -0.356. The van der Waals surface area contributed by atoms with E-state index >= 15 is 0 Å². The van der Waals surface area contributed by atoms with Gasteiger partial charge in [-0.05, 0) is 24.3 Å². The molecule has 0 spiro atoms. The van der Waals surface area contributed by atoms with Crippen LogP contribution in [0, 0.1) is 0 Å². The first kappa shape index (κ1) is 13.9. The number of aliphatic hydroxyl groups is 1. The predicted molar refractivity (Wildman–Crippen MR) is 76.9 cm³/mol. The largest absolute Gasteiger partial charge is 0.391 e. The van der Waals surface area contributed by atoms with Gasteiger partial charge in [0.2, 0.25) is 5.91 Å². The molecule has 0 aromatic carbocycles. The molecule has 0 unspecified atom stereocenters. The molecule has 1 amide bonds. The quantitative estimate of drug-likeness (QED) is 0.873. The zero-order valence-electron chi connectivity index (χ0n) is 10.3. The van der Waals surface area contributed by atoms with Gasteiger partial charge in [0.25, 0.3) is 0 Å². The summed E-state index contributed by atoms with van der Waals surface area (Å²) in [6, 6.07) is 4.08. The lowest BCUT2D eigenvalue weighted by atomic mass is 9.93. The summed E-state index contributed by atoms with van der Waals surface area (Å²) in [5.41, 5.74) is 0. The van der Waals surface area contributed by atoms with E-state index in [-0.39, 0.29) is 18.1 Å². The Morgan fingerprint density at radius 2 is 2.33 bits per heavy atom. The van der Waals surface area contributed by atoms with Gasteiger partial charge in [0, 0.05) is 10.6 Å². The SMILES string of the molecule is O=C(CSCc1cccs1)N[C@H]1CCCC[C@@H]1O. The number of nitrogens with one attached hydrogen (secondary N) is 1.